The first-order valence-electron chi connectivity index (χ1n) is 18.1. The first-order valence-corrected chi connectivity index (χ1v) is 30.8. The first kappa shape index (κ1) is 38.8. The Morgan fingerprint density at radius 1 is 0.465 bits per heavy atom. The molecule has 0 N–H and O–H groups in total. The van der Waals surface area contributed by atoms with Crippen molar-refractivity contribution in [1.29, 1.82) is 0 Å². The summed E-state index contributed by atoms with van der Waals surface area (Å²) in [5, 5.41) is 0. The number of benzene rings is 2. The molecule has 0 spiro atoms. The van der Waals surface area contributed by atoms with Crippen molar-refractivity contribution in [3.8, 4) is 11.5 Å². The molecule has 0 unspecified atom stereocenters. The molecule has 0 radical (unpaired) electrons. The number of unbranched alkanes of at least 4 members (excludes halogenated alkanes) is 6. The van der Waals surface area contributed by atoms with E-state index in [9.17, 15) is 0 Å². The van der Waals surface area contributed by atoms with Crippen LogP contribution in [-0.4, -0.2) is 38.4 Å². The molecule has 0 fully saturated rings. The Hall–Kier alpha value is -0.403. The van der Waals surface area contributed by atoms with Crippen LogP contribution >= 0.6 is 0 Å². The second kappa shape index (κ2) is 21.4. The fraction of sp³-hybridized carbons (Fsp3) is 0.684. The fourth-order valence-corrected chi connectivity index (χ4v) is 48.1. The molecule has 2 aromatic rings. The molecule has 43 heavy (non-hydrogen) atoms. The van der Waals surface area contributed by atoms with Crippen molar-refractivity contribution in [2.24, 2.45) is 0 Å². The zero-order chi connectivity index (χ0) is 31.6. The van der Waals surface area contributed by atoms with E-state index in [1.165, 1.54) is 99.3 Å². The van der Waals surface area contributed by atoms with Crippen LogP contribution in [0.2, 0.25) is 17.7 Å². The van der Waals surface area contributed by atoms with Gasteiger partial charge in [-0.1, -0.05) is 0 Å². The quantitative estimate of drug-likeness (QED) is 0.0989. The van der Waals surface area contributed by atoms with Gasteiger partial charge >= 0.3 is 279 Å². The molecule has 0 amide bonds. The van der Waals surface area contributed by atoms with E-state index in [0.29, 0.717) is 0 Å². The molecule has 244 valence electrons. The molecule has 0 aliphatic carbocycles. The van der Waals surface area contributed by atoms with E-state index in [4.69, 9.17) is 7.56 Å². The Balaban J connectivity index is 2.65. The van der Waals surface area contributed by atoms with Gasteiger partial charge < -0.3 is 0 Å². The van der Waals surface area contributed by atoms with Crippen LogP contribution in [0.5, 0.6) is 11.5 Å². The normalized spacial score (nSPS) is 12.1. The Morgan fingerprint density at radius 3 is 1.09 bits per heavy atom. The van der Waals surface area contributed by atoms with Gasteiger partial charge in [0.05, 0.1) is 0 Å². The summed E-state index contributed by atoms with van der Waals surface area (Å²) in [5.74, 6) is 2.20. The molecular formula is C38H66O3Sn2. The van der Waals surface area contributed by atoms with Crippen LogP contribution in [0.1, 0.15) is 141 Å². The predicted octanol–water partition coefficient (Wildman–Crippen LogP) is 12.5. The van der Waals surface area contributed by atoms with Crippen LogP contribution in [0.3, 0.4) is 0 Å². The van der Waals surface area contributed by atoms with Crippen LogP contribution in [0.25, 0.3) is 0 Å². The van der Waals surface area contributed by atoms with Crippen molar-refractivity contribution in [3.63, 3.8) is 0 Å². The third-order valence-electron chi connectivity index (χ3n) is 9.00. The molecule has 0 bridgehead atoms. The van der Waals surface area contributed by atoms with Gasteiger partial charge in [0.25, 0.3) is 0 Å². The van der Waals surface area contributed by atoms with Crippen molar-refractivity contribution >= 4 is 38.4 Å². The van der Waals surface area contributed by atoms with Crippen LogP contribution in [0.4, 0.5) is 0 Å². The van der Waals surface area contributed by atoms with Crippen molar-refractivity contribution in [1.82, 2.24) is 0 Å². The van der Waals surface area contributed by atoms with Gasteiger partial charge in [-0.05, 0) is 0 Å². The molecule has 0 aromatic heterocycles. The third kappa shape index (κ3) is 12.7. The van der Waals surface area contributed by atoms with Gasteiger partial charge in [-0.15, -0.1) is 0 Å². The molecule has 0 heterocycles. The van der Waals surface area contributed by atoms with Crippen LogP contribution in [0.15, 0.2) is 36.4 Å². The molecule has 3 nitrogen and oxygen atoms in total. The Kier molecular flexibility index (Phi) is 19.3. The summed E-state index contributed by atoms with van der Waals surface area (Å²) in [6.07, 6.45) is 16.6. The molecule has 5 heteroatoms. The van der Waals surface area contributed by atoms with Crippen LogP contribution in [-0.2, 0) is 14.3 Å². The second-order valence-electron chi connectivity index (χ2n) is 12.8. The minimum absolute atomic E-state index is 1.10. The number of aryl methyl sites for hydroxylation is 2. The standard InChI is InChI=1S/2C11H16O.4C4H9.O.2Sn/c2*1-3-4-6-10-7-5-8-11(12)9(10)2;4*1-3-4-2;;;/h2*5,7-8,12H,3-4,6H2,1-2H3;4*1,3-4H2,2H3;;;/q;;;;;;;2*+1/p-2. The van der Waals surface area contributed by atoms with Gasteiger partial charge in [0.15, 0.2) is 0 Å². The molecular weight excluding hydrogens is 742 g/mol. The van der Waals surface area contributed by atoms with E-state index >= 15 is 0 Å². The minimum atomic E-state index is -3.66. The van der Waals surface area contributed by atoms with E-state index in [0.717, 1.165) is 42.1 Å². The first-order chi connectivity index (χ1) is 20.8. The molecule has 0 aliphatic heterocycles. The van der Waals surface area contributed by atoms with Gasteiger partial charge in [0.2, 0.25) is 0 Å². The summed E-state index contributed by atoms with van der Waals surface area (Å²) in [6, 6.07) is 13.5. The summed E-state index contributed by atoms with van der Waals surface area (Å²) >= 11 is -7.31. The van der Waals surface area contributed by atoms with E-state index in [2.05, 4.69) is 91.8 Å². The van der Waals surface area contributed by atoms with Gasteiger partial charge in [-0.3, -0.25) is 0 Å². The third-order valence-corrected chi connectivity index (χ3v) is 41.5. The van der Waals surface area contributed by atoms with Crippen molar-refractivity contribution < 1.29 is 7.56 Å². The Morgan fingerprint density at radius 2 is 0.791 bits per heavy atom. The zero-order valence-corrected chi connectivity index (χ0v) is 35.1. The molecule has 0 saturated heterocycles. The number of hydrogen-bond donors (Lipinski definition) is 0. The molecule has 2 aromatic carbocycles. The SMILES string of the molecule is CCCCc1cccc([O][Sn]([CH2]CCC)([CH2]CCC)[O][Sn]([CH2]CCC)([CH2]CCC)[O]c2cccc(CCCC)c2C)c1C. The van der Waals surface area contributed by atoms with E-state index in [1.807, 2.05) is 0 Å². The average molecular weight is 808 g/mol. The van der Waals surface area contributed by atoms with Crippen molar-refractivity contribution in [2.45, 2.75) is 163 Å². The van der Waals surface area contributed by atoms with Gasteiger partial charge in [0.1, 0.15) is 0 Å². The monoisotopic (exact) mass is 810 g/mol. The molecule has 0 aliphatic rings. The van der Waals surface area contributed by atoms with Gasteiger partial charge in [-0.25, -0.2) is 0 Å². The predicted molar refractivity (Wildman–Crippen MR) is 192 cm³/mol. The molecule has 0 saturated carbocycles. The summed E-state index contributed by atoms with van der Waals surface area (Å²) in [5.41, 5.74) is 5.54. The molecule has 0 atom stereocenters. The van der Waals surface area contributed by atoms with Crippen LogP contribution in [0, 0.1) is 13.8 Å². The van der Waals surface area contributed by atoms with E-state index in [-0.39, 0.29) is 0 Å². The van der Waals surface area contributed by atoms with Crippen molar-refractivity contribution in [3.05, 3.63) is 58.7 Å². The maximum absolute atomic E-state index is 7.97. The summed E-state index contributed by atoms with van der Waals surface area (Å²) in [7, 11) is 0. The fourth-order valence-electron chi connectivity index (χ4n) is 6.04. The Labute approximate surface area is 277 Å². The van der Waals surface area contributed by atoms with Crippen molar-refractivity contribution in [2.75, 3.05) is 0 Å². The topological polar surface area (TPSA) is 27.7 Å². The second-order valence-corrected chi connectivity index (χ2v) is 34.6. The van der Waals surface area contributed by atoms with Gasteiger partial charge in [-0.2, -0.15) is 0 Å². The van der Waals surface area contributed by atoms with E-state index < -0.39 is 38.4 Å². The molecule has 2 rings (SSSR count). The summed E-state index contributed by atoms with van der Waals surface area (Å²) in [6.45, 7) is 18.4. The number of rotatable bonds is 24. The van der Waals surface area contributed by atoms with Crippen LogP contribution < -0.4 is 6.15 Å². The zero-order valence-electron chi connectivity index (χ0n) is 29.4. The average Bonchev–Trinajstić information content (AvgIpc) is 3.01. The number of hydrogen-bond acceptors (Lipinski definition) is 3. The summed E-state index contributed by atoms with van der Waals surface area (Å²) < 4.78 is 27.4. The van der Waals surface area contributed by atoms with E-state index in [1.54, 1.807) is 0 Å². The van der Waals surface area contributed by atoms with Gasteiger partial charge in [0, 0.05) is 0 Å². The summed E-state index contributed by atoms with van der Waals surface area (Å²) in [4.78, 5) is 0. The maximum atomic E-state index is 7.97. The Bertz CT molecular complexity index is 940.